The molecule has 2 aliphatic rings. The van der Waals surface area contributed by atoms with Crippen LogP contribution in [0.3, 0.4) is 0 Å². The molecule has 4 aromatic rings. The summed E-state index contributed by atoms with van der Waals surface area (Å²) in [6.07, 6.45) is 4.29. The normalized spacial score (nSPS) is 16.5. The van der Waals surface area contributed by atoms with Crippen LogP contribution < -0.4 is 9.47 Å². The molecule has 0 unspecified atom stereocenters. The van der Waals surface area contributed by atoms with Gasteiger partial charge in [-0.3, -0.25) is 4.90 Å². The minimum absolute atomic E-state index is 0. The van der Waals surface area contributed by atoms with Gasteiger partial charge in [-0.25, -0.2) is 12.8 Å². The van der Waals surface area contributed by atoms with Gasteiger partial charge in [-0.15, -0.1) is 12.4 Å². The van der Waals surface area contributed by atoms with Crippen LogP contribution in [0.2, 0.25) is 0 Å². The number of methoxy groups -OCH3 is 2. The molecule has 11 heteroatoms. The van der Waals surface area contributed by atoms with E-state index in [1.54, 1.807) is 32.4 Å². The predicted molar refractivity (Wildman–Crippen MR) is 179 cm³/mol. The topological polar surface area (TPSA) is 79.2 Å². The van der Waals surface area contributed by atoms with Gasteiger partial charge in [0.15, 0.2) is 9.84 Å². The lowest BCUT2D eigenvalue weighted by Crippen LogP contribution is -2.35. The smallest absolute Gasteiger partial charge is 0.175 e. The van der Waals surface area contributed by atoms with Crippen LogP contribution in [-0.4, -0.2) is 71.3 Å². The average molecular weight is 673 g/mol. The van der Waals surface area contributed by atoms with Gasteiger partial charge in [-0.2, -0.15) is 0 Å². The lowest BCUT2D eigenvalue weighted by molar-refractivity contribution is -0.0950. The molecular weight excluding hydrogens is 631 g/mol. The molecule has 8 nitrogen and oxygen atoms in total. The van der Waals surface area contributed by atoms with Gasteiger partial charge in [0.05, 0.1) is 24.2 Å². The quantitative estimate of drug-likeness (QED) is 0.177. The zero-order valence-electron chi connectivity index (χ0n) is 26.6. The van der Waals surface area contributed by atoms with E-state index in [4.69, 9.17) is 18.9 Å². The zero-order chi connectivity index (χ0) is 31.6. The molecule has 0 N–H and O–H groups in total. The fraction of sp³-hybridized carbons (Fsp3) is 0.429. The number of nitrogens with zero attached hydrogens (tertiary/aromatic N) is 2. The molecule has 0 spiro atoms. The first-order valence-corrected chi connectivity index (χ1v) is 17.3. The molecule has 0 bridgehead atoms. The Labute approximate surface area is 276 Å². The van der Waals surface area contributed by atoms with E-state index in [1.807, 2.05) is 24.3 Å². The summed E-state index contributed by atoms with van der Waals surface area (Å²) in [5.74, 6) is 1.01. The molecule has 1 fully saturated rings. The van der Waals surface area contributed by atoms with Crippen molar-refractivity contribution in [2.45, 2.75) is 49.3 Å². The van der Waals surface area contributed by atoms with E-state index in [-0.39, 0.29) is 18.2 Å². The van der Waals surface area contributed by atoms with Crippen molar-refractivity contribution >= 4 is 33.1 Å². The van der Waals surface area contributed by atoms with Crippen molar-refractivity contribution < 1.29 is 31.8 Å². The van der Waals surface area contributed by atoms with Gasteiger partial charge in [0.1, 0.15) is 17.3 Å². The number of rotatable bonds is 11. The standard InChI is InChI=1S/C35H41FN2O6S.ClH/c1-41-28-7-10-33-31(22-28)32-24-37(15-11-34(32)38(33)23-25-5-8-30(9-6-25)45(3,39)40)14-4-16-44-29-20-26(19-27(36)21-29)35(42-2)12-17-43-18-13-35;/h5-10,19-22H,4,11-18,23-24H2,1-3H3;1H. The van der Waals surface area contributed by atoms with Crippen LogP contribution in [0, 0.1) is 5.82 Å². The summed E-state index contributed by atoms with van der Waals surface area (Å²) in [6.45, 7) is 4.88. The molecule has 0 aliphatic carbocycles. The number of hydrogen-bond donors (Lipinski definition) is 0. The fourth-order valence-corrected chi connectivity index (χ4v) is 7.34. The maximum absolute atomic E-state index is 14.6. The molecule has 248 valence electrons. The summed E-state index contributed by atoms with van der Waals surface area (Å²) in [7, 11) is 0.111. The summed E-state index contributed by atoms with van der Waals surface area (Å²) in [4.78, 5) is 2.76. The number of sulfone groups is 1. The Bertz CT molecular complexity index is 1770. The molecule has 3 aromatic carbocycles. The van der Waals surface area contributed by atoms with Crippen LogP contribution in [0.1, 0.15) is 41.6 Å². The minimum Gasteiger partial charge on any atom is -0.497 e. The molecule has 0 atom stereocenters. The Hall–Kier alpha value is -3.15. The summed E-state index contributed by atoms with van der Waals surface area (Å²) < 4.78 is 63.8. The second kappa shape index (κ2) is 14.3. The van der Waals surface area contributed by atoms with E-state index in [0.29, 0.717) is 49.9 Å². The van der Waals surface area contributed by atoms with E-state index < -0.39 is 15.4 Å². The van der Waals surface area contributed by atoms with Crippen molar-refractivity contribution in [3.05, 3.63) is 88.9 Å². The van der Waals surface area contributed by atoms with Gasteiger partial charge < -0.3 is 23.5 Å². The highest BCUT2D eigenvalue weighted by Crippen LogP contribution is 2.38. The van der Waals surface area contributed by atoms with Gasteiger partial charge in [-0.05, 0) is 65.6 Å². The number of halogens is 2. The van der Waals surface area contributed by atoms with Crippen LogP contribution in [0.25, 0.3) is 10.9 Å². The van der Waals surface area contributed by atoms with Crippen molar-refractivity contribution in [2.24, 2.45) is 0 Å². The Morgan fingerprint density at radius 3 is 2.43 bits per heavy atom. The molecule has 1 aromatic heterocycles. The van der Waals surface area contributed by atoms with Crippen LogP contribution in [0.4, 0.5) is 4.39 Å². The van der Waals surface area contributed by atoms with Crippen LogP contribution >= 0.6 is 12.4 Å². The zero-order valence-corrected chi connectivity index (χ0v) is 28.2. The monoisotopic (exact) mass is 672 g/mol. The van der Waals surface area contributed by atoms with Crippen molar-refractivity contribution in [2.75, 3.05) is 53.4 Å². The molecule has 0 saturated carbocycles. The summed E-state index contributed by atoms with van der Waals surface area (Å²) in [6, 6.07) is 18.2. The highest BCUT2D eigenvalue weighted by Gasteiger charge is 2.35. The molecular formula is C35H42ClFN2O6S. The Balaban J connectivity index is 0.00000417. The number of fused-ring (bicyclic) bond motifs is 3. The summed E-state index contributed by atoms with van der Waals surface area (Å²) in [5, 5.41) is 1.17. The third-order valence-electron chi connectivity index (χ3n) is 9.21. The Morgan fingerprint density at radius 1 is 0.978 bits per heavy atom. The average Bonchev–Trinajstić information content (AvgIpc) is 3.34. The van der Waals surface area contributed by atoms with E-state index in [1.165, 1.54) is 29.0 Å². The maximum atomic E-state index is 14.6. The second-order valence-corrected chi connectivity index (χ2v) is 14.0. The Kier molecular flexibility index (Phi) is 10.6. The molecule has 1 saturated heterocycles. The largest absolute Gasteiger partial charge is 0.497 e. The first-order valence-electron chi connectivity index (χ1n) is 15.5. The second-order valence-electron chi connectivity index (χ2n) is 12.0. The first-order chi connectivity index (χ1) is 21.7. The van der Waals surface area contributed by atoms with Crippen LogP contribution in [0.5, 0.6) is 11.5 Å². The van der Waals surface area contributed by atoms with Gasteiger partial charge in [0.25, 0.3) is 0 Å². The summed E-state index contributed by atoms with van der Waals surface area (Å²) >= 11 is 0. The van der Waals surface area contributed by atoms with Crippen molar-refractivity contribution in [1.82, 2.24) is 9.47 Å². The first kappa shape index (κ1) is 34.2. The third-order valence-corrected chi connectivity index (χ3v) is 10.3. The van der Waals surface area contributed by atoms with Gasteiger partial charge in [0, 0.05) is 94.7 Å². The van der Waals surface area contributed by atoms with Crippen molar-refractivity contribution in [3.63, 3.8) is 0 Å². The fourth-order valence-electron chi connectivity index (χ4n) is 6.71. The van der Waals surface area contributed by atoms with Crippen molar-refractivity contribution in [3.8, 4) is 11.5 Å². The lowest BCUT2D eigenvalue weighted by Gasteiger charge is -2.36. The molecule has 0 amide bonds. The summed E-state index contributed by atoms with van der Waals surface area (Å²) in [5.41, 5.74) is 5.02. The molecule has 0 radical (unpaired) electrons. The van der Waals surface area contributed by atoms with E-state index >= 15 is 0 Å². The van der Waals surface area contributed by atoms with E-state index in [2.05, 4.69) is 21.6 Å². The van der Waals surface area contributed by atoms with Gasteiger partial charge in [-0.1, -0.05) is 12.1 Å². The van der Waals surface area contributed by atoms with E-state index in [9.17, 15) is 12.8 Å². The number of aromatic nitrogens is 1. The SMILES string of the molecule is COc1ccc2c(c1)c1c(n2Cc2ccc(S(C)(=O)=O)cc2)CCN(CCCOc2cc(F)cc(C3(OC)CCOCC3)c2)C1.Cl. The minimum atomic E-state index is -3.24. The van der Waals surface area contributed by atoms with Crippen LogP contribution in [0.15, 0.2) is 65.6 Å². The van der Waals surface area contributed by atoms with Crippen molar-refractivity contribution in [1.29, 1.82) is 0 Å². The molecule has 46 heavy (non-hydrogen) atoms. The number of hydrogen-bond acceptors (Lipinski definition) is 7. The highest BCUT2D eigenvalue weighted by atomic mass is 35.5. The highest BCUT2D eigenvalue weighted by molar-refractivity contribution is 7.90. The predicted octanol–water partition coefficient (Wildman–Crippen LogP) is 6.14. The van der Waals surface area contributed by atoms with E-state index in [0.717, 1.165) is 54.9 Å². The molecule has 6 rings (SSSR count). The molecule has 3 heterocycles. The maximum Gasteiger partial charge on any atom is 0.175 e. The van der Waals surface area contributed by atoms with Gasteiger partial charge in [0.2, 0.25) is 0 Å². The lowest BCUT2D eigenvalue weighted by atomic mass is 9.86. The third kappa shape index (κ3) is 7.21. The van der Waals surface area contributed by atoms with Crippen LogP contribution in [-0.2, 0) is 44.4 Å². The number of benzene rings is 3. The molecule has 2 aliphatic heterocycles. The van der Waals surface area contributed by atoms with Gasteiger partial charge >= 0.3 is 0 Å². The number of ether oxygens (including phenoxy) is 4. The Morgan fingerprint density at radius 2 is 1.74 bits per heavy atom.